The summed E-state index contributed by atoms with van der Waals surface area (Å²) in [7, 11) is 1.09. The Kier molecular flexibility index (Phi) is 4.59. The van der Waals surface area contributed by atoms with Gasteiger partial charge in [0.25, 0.3) is 10.0 Å². The van der Waals surface area contributed by atoms with Crippen molar-refractivity contribution in [3.63, 3.8) is 0 Å². The first-order valence-corrected chi connectivity index (χ1v) is 7.67. The van der Waals surface area contributed by atoms with Crippen molar-refractivity contribution in [1.29, 1.82) is 0 Å². The van der Waals surface area contributed by atoms with Gasteiger partial charge in [-0.15, -0.1) is 0 Å². The van der Waals surface area contributed by atoms with Gasteiger partial charge in [0.05, 0.1) is 17.9 Å². The van der Waals surface area contributed by atoms with Crippen LogP contribution in [0.3, 0.4) is 0 Å². The molecule has 1 aliphatic rings. The molecule has 20 heavy (non-hydrogen) atoms. The summed E-state index contributed by atoms with van der Waals surface area (Å²) in [5, 5.41) is 2.87. The van der Waals surface area contributed by atoms with Gasteiger partial charge >= 0.3 is 0 Å². The summed E-state index contributed by atoms with van der Waals surface area (Å²) < 4.78 is 37.2. The van der Waals surface area contributed by atoms with Gasteiger partial charge in [0, 0.05) is 40.6 Å². The third kappa shape index (κ3) is 2.64. The molecule has 112 valence electrons. The Morgan fingerprint density at radius 2 is 1.90 bits per heavy atom. The number of hydrogen-bond acceptors (Lipinski definition) is 6. The normalized spacial score (nSPS) is 23.9. The van der Waals surface area contributed by atoms with Gasteiger partial charge < -0.3 is 14.8 Å². The van der Waals surface area contributed by atoms with Crippen molar-refractivity contribution in [2.45, 2.75) is 17.2 Å². The van der Waals surface area contributed by atoms with E-state index in [9.17, 15) is 8.42 Å². The number of ether oxygens (including phenoxy) is 2. The number of anilines is 1. The molecule has 1 N–H and O–H groups in total. The van der Waals surface area contributed by atoms with E-state index < -0.39 is 10.0 Å². The van der Waals surface area contributed by atoms with Crippen LogP contribution in [0.25, 0.3) is 0 Å². The first-order valence-electron chi connectivity index (χ1n) is 6.23. The summed E-state index contributed by atoms with van der Waals surface area (Å²) in [6.45, 7) is 0.522. The second-order valence-corrected chi connectivity index (χ2v) is 6.33. The highest BCUT2D eigenvalue weighted by molar-refractivity contribution is 7.89. The highest BCUT2D eigenvalue weighted by Gasteiger charge is 2.41. The molecule has 8 heteroatoms. The molecule has 2 unspecified atom stereocenters. The van der Waals surface area contributed by atoms with E-state index >= 15 is 0 Å². The number of rotatable bonds is 5. The lowest BCUT2D eigenvalue weighted by molar-refractivity contribution is -0.00461. The Balaban J connectivity index is 2.32. The average molecular weight is 301 g/mol. The highest BCUT2D eigenvalue weighted by Crippen LogP contribution is 2.26. The number of hydrogen-bond donors (Lipinski definition) is 1. The smallest absolute Gasteiger partial charge is 0.262 e. The number of nitrogens with one attached hydrogen (secondary N) is 1. The fraction of sp³-hybridized carbons (Fsp3) is 0.583. The molecule has 1 aliphatic heterocycles. The first kappa shape index (κ1) is 15.2. The molecule has 1 aromatic rings. The fourth-order valence-electron chi connectivity index (χ4n) is 2.27. The molecule has 1 saturated heterocycles. The molecule has 1 fully saturated rings. The van der Waals surface area contributed by atoms with E-state index in [1.54, 1.807) is 33.4 Å². The van der Waals surface area contributed by atoms with Crippen LogP contribution in [-0.2, 0) is 19.5 Å². The Bertz CT molecular complexity index is 552. The van der Waals surface area contributed by atoms with Gasteiger partial charge in [-0.1, -0.05) is 0 Å². The summed E-state index contributed by atoms with van der Waals surface area (Å²) in [5.74, 6) is 0. The number of methoxy groups -OCH3 is 2. The summed E-state index contributed by atoms with van der Waals surface area (Å²) in [6, 6.07) is 3.36. The first-order chi connectivity index (χ1) is 9.54. The van der Waals surface area contributed by atoms with Crippen LogP contribution < -0.4 is 5.32 Å². The SMILES string of the molecule is CNc1cccnc1S(=O)(=O)N1CC(OC)C(OC)C1. The number of sulfonamides is 1. The molecular weight excluding hydrogens is 282 g/mol. The highest BCUT2D eigenvalue weighted by atomic mass is 32.2. The van der Waals surface area contributed by atoms with Crippen molar-refractivity contribution in [3.8, 4) is 0 Å². The minimum Gasteiger partial charge on any atom is -0.386 e. The van der Waals surface area contributed by atoms with Crippen LogP contribution in [0.5, 0.6) is 0 Å². The maximum atomic E-state index is 12.6. The zero-order valence-electron chi connectivity index (χ0n) is 11.7. The molecule has 0 radical (unpaired) electrons. The van der Waals surface area contributed by atoms with Crippen LogP contribution >= 0.6 is 0 Å². The van der Waals surface area contributed by atoms with Crippen LogP contribution in [0.15, 0.2) is 23.4 Å². The second-order valence-electron chi connectivity index (χ2n) is 4.48. The van der Waals surface area contributed by atoms with Crippen molar-refractivity contribution >= 4 is 15.7 Å². The average Bonchev–Trinajstić information content (AvgIpc) is 2.91. The predicted molar refractivity (Wildman–Crippen MR) is 74.1 cm³/mol. The maximum absolute atomic E-state index is 12.6. The largest absolute Gasteiger partial charge is 0.386 e. The predicted octanol–water partition coefficient (Wildman–Crippen LogP) is 0.158. The summed E-state index contributed by atoms with van der Waals surface area (Å²) in [4.78, 5) is 3.99. The quantitative estimate of drug-likeness (QED) is 0.834. The van der Waals surface area contributed by atoms with E-state index in [4.69, 9.17) is 9.47 Å². The van der Waals surface area contributed by atoms with Crippen molar-refractivity contribution < 1.29 is 17.9 Å². The molecule has 0 aliphatic carbocycles. The molecule has 0 spiro atoms. The van der Waals surface area contributed by atoms with E-state index in [0.717, 1.165) is 0 Å². The molecule has 7 nitrogen and oxygen atoms in total. The molecule has 2 heterocycles. The van der Waals surface area contributed by atoms with Crippen molar-refractivity contribution in [1.82, 2.24) is 9.29 Å². The van der Waals surface area contributed by atoms with E-state index in [2.05, 4.69) is 10.3 Å². The number of nitrogens with zero attached hydrogens (tertiary/aromatic N) is 2. The third-order valence-electron chi connectivity index (χ3n) is 3.41. The lowest BCUT2D eigenvalue weighted by Crippen LogP contribution is -2.31. The number of aromatic nitrogens is 1. The number of pyridine rings is 1. The van der Waals surface area contributed by atoms with Crippen LogP contribution in [0.2, 0.25) is 0 Å². The standard InChI is InChI=1S/C12H19N3O4S/c1-13-9-5-4-6-14-12(9)20(16,17)15-7-10(18-2)11(8-15)19-3/h4-6,10-11,13H,7-8H2,1-3H3. The molecule has 1 aromatic heterocycles. The van der Waals surface area contributed by atoms with E-state index in [0.29, 0.717) is 5.69 Å². The van der Waals surface area contributed by atoms with E-state index in [1.165, 1.54) is 10.5 Å². The van der Waals surface area contributed by atoms with Crippen LogP contribution in [0.1, 0.15) is 0 Å². The molecule has 0 aromatic carbocycles. The van der Waals surface area contributed by atoms with E-state index in [1.807, 2.05) is 0 Å². The van der Waals surface area contributed by atoms with Crippen molar-refractivity contribution in [2.24, 2.45) is 0 Å². The Hall–Kier alpha value is -1.22. The van der Waals surface area contributed by atoms with Crippen LogP contribution in [0.4, 0.5) is 5.69 Å². The zero-order valence-corrected chi connectivity index (χ0v) is 12.6. The van der Waals surface area contributed by atoms with Gasteiger partial charge in [0.2, 0.25) is 0 Å². The minimum atomic E-state index is -3.67. The van der Waals surface area contributed by atoms with Gasteiger partial charge in [0.15, 0.2) is 5.03 Å². The summed E-state index contributed by atoms with van der Waals surface area (Å²) >= 11 is 0. The molecular formula is C12H19N3O4S. The second kappa shape index (κ2) is 6.04. The molecule has 0 saturated carbocycles. The lowest BCUT2D eigenvalue weighted by Gasteiger charge is -2.17. The Labute approximate surface area is 118 Å². The van der Waals surface area contributed by atoms with Crippen molar-refractivity contribution in [3.05, 3.63) is 18.3 Å². The van der Waals surface area contributed by atoms with Gasteiger partial charge in [0.1, 0.15) is 0 Å². The van der Waals surface area contributed by atoms with Crippen LogP contribution in [0, 0.1) is 0 Å². The Morgan fingerprint density at radius 3 is 2.40 bits per heavy atom. The Morgan fingerprint density at radius 1 is 1.30 bits per heavy atom. The van der Waals surface area contributed by atoms with Gasteiger partial charge in [-0.3, -0.25) is 0 Å². The maximum Gasteiger partial charge on any atom is 0.262 e. The van der Waals surface area contributed by atoms with Gasteiger partial charge in [-0.05, 0) is 12.1 Å². The monoisotopic (exact) mass is 301 g/mol. The summed E-state index contributed by atoms with van der Waals surface area (Å²) in [5.41, 5.74) is 0.474. The van der Waals surface area contributed by atoms with Gasteiger partial charge in [-0.2, -0.15) is 4.31 Å². The van der Waals surface area contributed by atoms with E-state index in [-0.39, 0.29) is 30.3 Å². The molecule has 0 bridgehead atoms. The van der Waals surface area contributed by atoms with Crippen molar-refractivity contribution in [2.75, 3.05) is 39.7 Å². The molecule has 2 rings (SSSR count). The third-order valence-corrected chi connectivity index (χ3v) is 5.20. The summed E-state index contributed by atoms with van der Waals surface area (Å²) in [6.07, 6.45) is 0.929. The fourth-order valence-corrected chi connectivity index (χ4v) is 3.84. The van der Waals surface area contributed by atoms with Crippen LogP contribution in [-0.4, -0.2) is 64.3 Å². The topological polar surface area (TPSA) is 80.8 Å². The lowest BCUT2D eigenvalue weighted by atomic mass is 10.3. The molecule has 0 amide bonds. The zero-order chi connectivity index (χ0) is 14.8. The minimum absolute atomic E-state index is 0.0223. The van der Waals surface area contributed by atoms with Gasteiger partial charge in [-0.25, -0.2) is 13.4 Å². The molecule has 2 atom stereocenters.